The molecule has 0 aliphatic heterocycles. The van der Waals surface area contributed by atoms with Crippen molar-refractivity contribution in [1.29, 1.82) is 0 Å². The van der Waals surface area contributed by atoms with Crippen molar-refractivity contribution in [2.75, 3.05) is 0 Å². The van der Waals surface area contributed by atoms with Crippen LogP contribution in [-0.2, 0) is 61.2 Å². The predicted octanol–water partition coefficient (Wildman–Crippen LogP) is 8.18. The zero-order valence-corrected chi connectivity index (χ0v) is 33.9. The number of rotatable bonds is 11. The molecule has 0 heterocycles. The molecule has 0 aliphatic rings. The van der Waals surface area contributed by atoms with E-state index >= 15 is 0 Å². The summed E-state index contributed by atoms with van der Waals surface area (Å²) in [6.45, 7) is 19.4. The Hall–Kier alpha value is -4.83. The number of carbonyl (C=O) groups is 3. The Balaban J connectivity index is 0.000000428. The van der Waals surface area contributed by atoms with Gasteiger partial charge in [-0.05, 0) is 61.6 Å². The van der Waals surface area contributed by atoms with Crippen LogP contribution in [0.4, 0.5) is 0 Å². The van der Waals surface area contributed by atoms with E-state index in [-0.39, 0.29) is 43.1 Å². The molecule has 0 bridgehead atoms. The minimum absolute atomic E-state index is 0. The second-order valence-corrected chi connectivity index (χ2v) is 16.9. The van der Waals surface area contributed by atoms with Crippen LogP contribution >= 0.6 is 0 Å². The fourth-order valence-corrected chi connectivity index (χ4v) is 5.21. The molecule has 0 saturated heterocycles. The van der Waals surface area contributed by atoms with E-state index in [0.717, 1.165) is 22.3 Å². The summed E-state index contributed by atoms with van der Waals surface area (Å²) >= 11 is 0. The van der Waals surface area contributed by atoms with E-state index in [4.69, 9.17) is 20.7 Å². The molecule has 9 nitrogen and oxygen atoms in total. The second-order valence-electron chi connectivity index (χ2n) is 16.9. The van der Waals surface area contributed by atoms with Crippen molar-refractivity contribution in [2.45, 2.75) is 130 Å². The van der Waals surface area contributed by atoms with Crippen LogP contribution in [0, 0.1) is 0 Å². The van der Waals surface area contributed by atoms with E-state index in [2.05, 4.69) is 62.3 Å². The monoisotopic (exact) mass is 771 g/mol. The molecule has 56 heavy (non-hydrogen) atoms. The van der Waals surface area contributed by atoms with E-state index in [1.54, 1.807) is 0 Å². The number of aliphatic carboxylic acids is 2. The number of hydrogen-bond donors (Lipinski definition) is 5. The first-order valence-electron chi connectivity index (χ1n) is 18.5. The first kappa shape index (κ1) is 49.2. The molecule has 0 aliphatic carbocycles. The van der Waals surface area contributed by atoms with Crippen molar-refractivity contribution >= 4 is 17.9 Å². The van der Waals surface area contributed by atoms with Gasteiger partial charge in [-0.2, -0.15) is 0 Å². The molecular weight excluding hydrogens is 707 g/mol. The van der Waals surface area contributed by atoms with Gasteiger partial charge in [0.25, 0.3) is 0 Å². The van der Waals surface area contributed by atoms with Crippen molar-refractivity contribution in [1.82, 2.24) is 0 Å². The maximum absolute atomic E-state index is 11.9. The van der Waals surface area contributed by atoms with E-state index in [0.29, 0.717) is 6.42 Å². The molecule has 9 heteroatoms. The summed E-state index contributed by atoms with van der Waals surface area (Å²) in [4.78, 5) is 33.0. The Bertz CT molecular complexity index is 1690. The summed E-state index contributed by atoms with van der Waals surface area (Å²) in [7, 11) is 0. The van der Waals surface area contributed by atoms with Gasteiger partial charge in [-0.25, -0.2) is 9.59 Å². The Morgan fingerprint density at radius 3 is 1.18 bits per heavy atom. The molecule has 0 radical (unpaired) electrons. The van der Waals surface area contributed by atoms with Crippen LogP contribution in [0.1, 0.15) is 109 Å². The largest absolute Gasteiger partial charge is 0.480 e. The smallest absolute Gasteiger partial charge is 0.335 e. The van der Waals surface area contributed by atoms with Gasteiger partial charge >= 0.3 is 17.9 Å². The molecule has 4 aromatic carbocycles. The average Bonchev–Trinajstić information content (AvgIpc) is 3.11. The van der Waals surface area contributed by atoms with Gasteiger partial charge in [0.05, 0.1) is 0 Å². The predicted molar refractivity (Wildman–Crippen MR) is 225 cm³/mol. The molecule has 6 N–H and O–H groups in total. The molecule has 0 saturated carbocycles. The summed E-state index contributed by atoms with van der Waals surface area (Å²) < 4.78 is 5.15. The minimum Gasteiger partial charge on any atom is -0.480 e. The summed E-state index contributed by atoms with van der Waals surface area (Å²) in [5.41, 5.74) is 13.0. The number of hydrogen-bond acceptors (Lipinski definition) is 7. The van der Waals surface area contributed by atoms with Crippen LogP contribution in [0.25, 0.3) is 0 Å². The highest BCUT2D eigenvalue weighted by Gasteiger charge is 2.20. The SMILES string of the molecule is C.CC(C)(C)c1ccc(C[C@@H](N)C(=O)O)cc1.CC(C)(C)c1ccc(C[C@@H](O)C(=O)O)cc1.CC(C)(C)c1ccc(C[C@@H](O)C(=O)OCc2ccccc2)cc1. The van der Waals surface area contributed by atoms with Gasteiger partial charge in [0.1, 0.15) is 12.6 Å². The normalized spacial score (nSPS) is 12.9. The van der Waals surface area contributed by atoms with Crippen molar-refractivity contribution in [3.63, 3.8) is 0 Å². The number of carboxylic acids is 2. The number of carboxylic acid groups (broad SMARTS) is 2. The van der Waals surface area contributed by atoms with Crippen molar-refractivity contribution in [3.05, 3.63) is 142 Å². The lowest BCUT2D eigenvalue weighted by molar-refractivity contribution is -0.154. The molecule has 306 valence electrons. The van der Waals surface area contributed by atoms with Crippen LogP contribution < -0.4 is 5.73 Å². The van der Waals surface area contributed by atoms with Crippen LogP contribution in [0.3, 0.4) is 0 Å². The van der Waals surface area contributed by atoms with E-state index in [1.807, 2.05) is 103 Å². The van der Waals surface area contributed by atoms with Gasteiger partial charge in [0.15, 0.2) is 12.2 Å². The number of aliphatic hydroxyl groups excluding tert-OH is 2. The number of benzene rings is 4. The van der Waals surface area contributed by atoms with E-state index in [9.17, 15) is 24.6 Å². The molecule has 0 amide bonds. The highest BCUT2D eigenvalue weighted by atomic mass is 16.5. The van der Waals surface area contributed by atoms with Crippen molar-refractivity contribution < 1.29 is 39.5 Å². The fourth-order valence-electron chi connectivity index (χ4n) is 5.21. The number of nitrogens with two attached hydrogens (primary N) is 1. The molecule has 0 spiro atoms. The van der Waals surface area contributed by atoms with Crippen LogP contribution in [0.2, 0.25) is 0 Å². The molecule has 0 fully saturated rings. The third kappa shape index (κ3) is 17.8. The van der Waals surface area contributed by atoms with Gasteiger partial charge in [-0.1, -0.05) is 173 Å². The lowest BCUT2D eigenvalue weighted by Crippen LogP contribution is -2.32. The highest BCUT2D eigenvalue weighted by Crippen LogP contribution is 2.24. The standard InChI is InChI=1S/C20H24O3.C13H19NO2.C13H18O3.CH4/c1-20(2,3)17-11-9-15(10-12-17)13-18(21)19(22)23-14-16-7-5-4-6-8-16;2*1-13(2,3)10-6-4-9(5-7-10)8-11(14)12(15)16;/h4-12,18,21H,13-14H2,1-3H3;4-7,11H,8,14H2,1-3H3,(H,15,16);4-7,11,14H,8H2,1-3H3,(H,15,16);1H4/t18-;2*11-;/m111./s1. The first-order chi connectivity index (χ1) is 25.5. The fraction of sp³-hybridized carbons (Fsp3) is 0.426. The number of carbonyl (C=O) groups excluding carboxylic acids is 1. The maximum atomic E-state index is 11.9. The zero-order chi connectivity index (χ0) is 41.6. The Labute approximate surface area is 334 Å². The quantitative estimate of drug-likeness (QED) is 0.0945. The Morgan fingerprint density at radius 2 is 0.857 bits per heavy atom. The second kappa shape index (κ2) is 22.0. The molecule has 0 aromatic heterocycles. The molecule has 4 rings (SSSR count). The molecule has 4 aromatic rings. The topological polar surface area (TPSA) is 167 Å². The molecular formula is C47H65NO8. The lowest BCUT2D eigenvalue weighted by Gasteiger charge is -2.19. The van der Waals surface area contributed by atoms with E-state index < -0.39 is 36.2 Å². The summed E-state index contributed by atoms with van der Waals surface area (Å²) in [5, 5.41) is 36.5. The van der Waals surface area contributed by atoms with Crippen LogP contribution in [-0.4, -0.2) is 56.6 Å². The van der Waals surface area contributed by atoms with E-state index in [1.165, 1.54) is 16.7 Å². The first-order valence-corrected chi connectivity index (χ1v) is 18.5. The highest BCUT2D eigenvalue weighted by molar-refractivity contribution is 5.75. The minimum atomic E-state index is -1.32. The van der Waals surface area contributed by atoms with Crippen LogP contribution in [0.15, 0.2) is 103 Å². The van der Waals surface area contributed by atoms with Gasteiger partial charge in [0.2, 0.25) is 0 Å². The summed E-state index contributed by atoms with van der Waals surface area (Å²) in [6.07, 6.45) is -1.67. The van der Waals surface area contributed by atoms with Gasteiger partial charge in [0, 0.05) is 12.8 Å². The summed E-state index contributed by atoms with van der Waals surface area (Å²) in [5.74, 6) is -2.73. The molecule has 0 unspecified atom stereocenters. The van der Waals surface area contributed by atoms with Crippen LogP contribution in [0.5, 0.6) is 0 Å². The third-order valence-electron chi connectivity index (χ3n) is 8.87. The summed E-state index contributed by atoms with van der Waals surface area (Å²) in [6, 6.07) is 32.2. The third-order valence-corrected chi connectivity index (χ3v) is 8.87. The van der Waals surface area contributed by atoms with Gasteiger partial charge in [-0.3, -0.25) is 4.79 Å². The Kier molecular flexibility index (Phi) is 19.4. The van der Waals surface area contributed by atoms with Crippen molar-refractivity contribution in [3.8, 4) is 0 Å². The van der Waals surface area contributed by atoms with Crippen molar-refractivity contribution in [2.24, 2.45) is 5.73 Å². The molecule has 3 atom stereocenters. The Morgan fingerprint density at radius 1 is 0.518 bits per heavy atom. The number of aliphatic hydroxyl groups is 2. The van der Waals surface area contributed by atoms with Gasteiger partial charge < -0.3 is 30.9 Å². The van der Waals surface area contributed by atoms with Gasteiger partial charge in [-0.15, -0.1) is 0 Å². The maximum Gasteiger partial charge on any atom is 0.335 e. The number of ether oxygens (including phenoxy) is 1. The lowest BCUT2D eigenvalue weighted by atomic mass is 9.86. The average molecular weight is 772 g/mol. The number of esters is 1. The zero-order valence-electron chi connectivity index (χ0n) is 33.9.